The summed E-state index contributed by atoms with van der Waals surface area (Å²) in [6, 6.07) is 17.2. The van der Waals surface area contributed by atoms with Crippen LogP contribution in [-0.4, -0.2) is 27.4 Å². The van der Waals surface area contributed by atoms with E-state index in [0.717, 1.165) is 34.7 Å². The van der Waals surface area contributed by atoms with Crippen molar-refractivity contribution < 1.29 is 14.1 Å². The zero-order valence-electron chi connectivity index (χ0n) is 17.5. The molecule has 0 radical (unpaired) electrons. The van der Waals surface area contributed by atoms with E-state index in [4.69, 9.17) is 9.26 Å². The van der Waals surface area contributed by atoms with Gasteiger partial charge in [0.2, 0.25) is 0 Å². The SMILES string of the molecule is Cc1noc(C)c1COc1ccccc1C(=O)NCCc1ccc(-n2cccn2)cc1. The number of benzene rings is 2. The smallest absolute Gasteiger partial charge is 0.255 e. The molecule has 31 heavy (non-hydrogen) atoms. The van der Waals surface area contributed by atoms with E-state index < -0.39 is 0 Å². The van der Waals surface area contributed by atoms with Gasteiger partial charge in [0.15, 0.2) is 0 Å². The summed E-state index contributed by atoms with van der Waals surface area (Å²) in [6.07, 6.45) is 4.38. The van der Waals surface area contributed by atoms with Crippen molar-refractivity contribution in [1.29, 1.82) is 0 Å². The molecule has 0 unspecified atom stereocenters. The number of carbonyl (C=O) groups excluding carboxylic acids is 1. The average molecular weight is 416 g/mol. The van der Waals surface area contributed by atoms with Crippen LogP contribution >= 0.6 is 0 Å². The third-order valence-corrected chi connectivity index (χ3v) is 5.09. The number of hydrogen-bond acceptors (Lipinski definition) is 5. The monoisotopic (exact) mass is 416 g/mol. The summed E-state index contributed by atoms with van der Waals surface area (Å²) in [5.74, 6) is 1.09. The molecule has 2 aromatic carbocycles. The Morgan fingerprint density at radius 1 is 1.10 bits per heavy atom. The summed E-state index contributed by atoms with van der Waals surface area (Å²) < 4.78 is 12.9. The van der Waals surface area contributed by atoms with Gasteiger partial charge in [-0.05, 0) is 56.2 Å². The van der Waals surface area contributed by atoms with E-state index in [2.05, 4.69) is 15.6 Å². The maximum atomic E-state index is 12.7. The maximum absolute atomic E-state index is 12.7. The topological polar surface area (TPSA) is 82.2 Å². The highest BCUT2D eigenvalue weighted by molar-refractivity contribution is 5.96. The molecule has 0 aliphatic carbocycles. The van der Waals surface area contributed by atoms with Gasteiger partial charge in [-0.2, -0.15) is 5.10 Å². The summed E-state index contributed by atoms with van der Waals surface area (Å²) >= 11 is 0. The van der Waals surface area contributed by atoms with E-state index in [1.54, 1.807) is 18.3 Å². The molecule has 0 aliphatic rings. The first kappa shape index (κ1) is 20.4. The normalized spacial score (nSPS) is 10.8. The van der Waals surface area contributed by atoms with Crippen molar-refractivity contribution in [2.75, 3.05) is 6.54 Å². The molecule has 7 nitrogen and oxygen atoms in total. The van der Waals surface area contributed by atoms with Crippen molar-refractivity contribution >= 4 is 5.91 Å². The molecule has 0 aliphatic heterocycles. The van der Waals surface area contributed by atoms with Crippen LogP contribution in [0.15, 0.2) is 71.5 Å². The molecule has 158 valence electrons. The first-order valence-corrected chi connectivity index (χ1v) is 10.1. The van der Waals surface area contributed by atoms with E-state index in [-0.39, 0.29) is 5.91 Å². The molecule has 7 heteroatoms. The van der Waals surface area contributed by atoms with Gasteiger partial charge >= 0.3 is 0 Å². The summed E-state index contributed by atoms with van der Waals surface area (Å²) in [4.78, 5) is 12.7. The van der Waals surface area contributed by atoms with Gasteiger partial charge in [0.05, 0.1) is 22.5 Å². The number of ether oxygens (including phenoxy) is 1. The van der Waals surface area contributed by atoms with Crippen LogP contribution in [0.2, 0.25) is 0 Å². The lowest BCUT2D eigenvalue weighted by atomic mass is 10.1. The van der Waals surface area contributed by atoms with Crippen molar-refractivity contribution in [3.8, 4) is 11.4 Å². The largest absolute Gasteiger partial charge is 0.488 e. The van der Waals surface area contributed by atoms with Crippen LogP contribution in [0.4, 0.5) is 0 Å². The van der Waals surface area contributed by atoms with Gasteiger partial charge in [-0.15, -0.1) is 0 Å². The lowest BCUT2D eigenvalue weighted by molar-refractivity contribution is 0.0949. The molecule has 0 spiro atoms. The van der Waals surface area contributed by atoms with Crippen molar-refractivity contribution in [2.24, 2.45) is 0 Å². The van der Waals surface area contributed by atoms with Crippen LogP contribution < -0.4 is 10.1 Å². The Hall–Kier alpha value is -3.87. The van der Waals surface area contributed by atoms with Gasteiger partial charge in [0.25, 0.3) is 5.91 Å². The van der Waals surface area contributed by atoms with Gasteiger partial charge in [0.1, 0.15) is 18.1 Å². The molecule has 0 atom stereocenters. The Morgan fingerprint density at radius 2 is 1.90 bits per heavy atom. The van der Waals surface area contributed by atoms with E-state index in [1.807, 2.05) is 67.2 Å². The highest BCUT2D eigenvalue weighted by atomic mass is 16.5. The molecular formula is C24H24N4O3. The molecule has 0 fully saturated rings. The van der Waals surface area contributed by atoms with Gasteiger partial charge < -0.3 is 14.6 Å². The minimum atomic E-state index is -0.164. The van der Waals surface area contributed by atoms with E-state index >= 15 is 0 Å². The molecule has 0 saturated heterocycles. The van der Waals surface area contributed by atoms with Crippen molar-refractivity contribution in [2.45, 2.75) is 26.9 Å². The van der Waals surface area contributed by atoms with Crippen molar-refractivity contribution in [3.63, 3.8) is 0 Å². The molecule has 4 aromatic rings. The van der Waals surface area contributed by atoms with E-state index in [1.165, 1.54) is 0 Å². The molecule has 0 bridgehead atoms. The lowest BCUT2D eigenvalue weighted by Gasteiger charge is -2.12. The van der Waals surface area contributed by atoms with Crippen LogP contribution in [0.1, 0.15) is 32.9 Å². The van der Waals surface area contributed by atoms with Crippen LogP contribution in [0.5, 0.6) is 5.75 Å². The first-order valence-electron chi connectivity index (χ1n) is 10.1. The first-order chi connectivity index (χ1) is 15.1. The lowest BCUT2D eigenvalue weighted by Crippen LogP contribution is -2.26. The fraction of sp³-hybridized carbons (Fsp3) is 0.208. The van der Waals surface area contributed by atoms with E-state index in [9.17, 15) is 4.79 Å². The average Bonchev–Trinajstić information content (AvgIpc) is 3.43. The summed E-state index contributed by atoms with van der Waals surface area (Å²) in [5, 5.41) is 11.1. The Bertz CT molecular complexity index is 1130. The minimum Gasteiger partial charge on any atom is -0.488 e. The van der Waals surface area contributed by atoms with Crippen LogP contribution in [0, 0.1) is 13.8 Å². The zero-order chi connectivity index (χ0) is 21.6. The zero-order valence-corrected chi connectivity index (χ0v) is 17.5. The Kier molecular flexibility index (Phi) is 6.12. The molecule has 2 aromatic heterocycles. The van der Waals surface area contributed by atoms with Crippen LogP contribution in [0.3, 0.4) is 0 Å². The third-order valence-electron chi connectivity index (χ3n) is 5.09. The van der Waals surface area contributed by atoms with Crippen LogP contribution in [-0.2, 0) is 13.0 Å². The van der Waals surface area contributed by atoms with Crippen LogP contribution in [0.25, 0.3) is 5.69 Å². The van der Waals surface area contributed by atoms with Gasteiger partial charge in [-0.3, -0.25) is 4.79 Å². The van der Waals surface area contributed by atoms with E-state index in [0.29, 0.717) is 24.5 Å². The predicted octanol–water partition coefficient (Wildman–Crippen LogP) is 4.03. The number of amides is 1. The molecule has 1 N–H and O–H groups in total. The predicted molar refractivity (Wildman–Crippen MR) is 116 cm³/mol. The second-order valence-corrected chi connectivity index (χ2v) is 7.21. The number of rotatable bonds is 8. The summed E-state index contributed by atoms with van der Waals surface area (Å²) in [7, 11) is 0. The molecule has 4 rings (SSSR count). The number of para-hydroxylation sites is 1. The quantitative estimate of drug-likeness (QED) is 0.469. The number of hydrogen-bond donors (Lipinski definition) is 1. The summed E-state index contributed by atoms with van der Waals surface area (Å²) in [6.45, 7) is 4.54. The second-order valence-electron chi connectivity index (χ2n) is 7.21. The molecule has 0 saturated carbocycles. The Balaban J connectivity index is 1.33. The molecule has 1 amide bonds. The van der Waals surface area contributed by atoms with Crippen molar-refractivity contribution in [3.05, 3.63) is 95.1 Å². The third kappa shape index (κ3) is 4.83. The Labute approximate surface area is 180 Å². The second kappa shape index (κ2) is 9.30. The fourth-order valence-electron chi connectivity index (χ4n) is 3.29. The number of aryl methyl sites for hydroxylation is 2. The molecule has 2 heterocycles. The number of nitrogens with zero attached hydrogens (tertiary/aromatic N) is 3. The number of carbonyl (C=O) groups is 1. The van der Waals surface area contributed by atoms with Gasteiger partial charge in [-0.25, -0.2) is 4.68 Å². The Morgan fingerprint density at radius 3 is 2.61 bits per heavy atom. The summed E-state index contributed by atoms with van der Waals surface area (Å²) in [5.41, 5.74) is 4.33. The van der Waals surface area contributed by atoms with Gasteiger partial charge in [0, 0.05) is 18.9 Å². The molecular weight excluding hydrogens is 392 g/mol. The number of nitrogens with one attached hydrogen (secondary N) is 1. The highest BCUT2D eigenvalue weighted by Crippen LogP contribution is 2.21. The van der Waals surface area contributed by atoms with Crippen molar-refractivity contribution in [1.82, 2.24) is 20.3 Å². The minimum absolute atomic E-state index is 0.164. The maximum Gasteiger partial charge on any atom is 0.255 e. The fourth-order valence-corrected chi connectivity index (χ4v) is 3.29. The standard InChI is InChI=1S/C24H24N4O3/c1-17-22(18(2)31-27-17)16-30-23-7-4-3-6-21(23)24(29)25-14-12-19-8-10-20(11-9-19)28-15-5-13-26-28/h3-11,13,15H,12,14,16H2,1-2H3,(H,25,29). The number of aromatic nitrogens is 3. The highest BCUT2D eigenvalue weighted by Gasteiger charge is 2.14. The van der Waals surface area contributed by atoms with Gasteiger partial charge in [-0.1, -0.05) is 29.4 Å².